The molecule has 1 spiro atoms. The smallest absolute Gasteiger partial charge is 0.191 e. The summed E-state index contributed by atoms with van der Waals surface area (Å²) in [6.07, 6.45) is 0.728. The minimum Gasteiger partial charge on any atom is -0.387 e. The van der Waals surface area contributed by atoms with Crippen molar-refractivity contribution < 1.29 is 28.8 Å². The van der Waals surface area contributed by atoms with Crippen LogP contribution in [-0.2, 0) is 14.2 Å². The van der Waals surface area contributed by atoms with Crippen LogP contribution in [0.1, 0.15) is 39.0 Å². The van der Waals surface area contributed by atoms with Crippen LogP contribution in [0.4, 0.5) is 4.39 Å². The predicted octanol–water partition coefficient (Wildman–Crippen LogP) is 1.12. The number of ether oxygens (including phenoxy) is 3. The second-order valence-corrected chi connectivity index (χ2v) is 5.62. The van der Waals surface area contributed by atoms with E-state index < -0.39 is 30.0 Å². The van der Waals surface area contributed by atoms with Crippen LogP contribution < -0.4 is 0 Å². The lowest BCUT2D eigenvalue weighted by Gasteiger charge is -2.35. The summed E-state index contributed by atoms with van der Waals surface area (Å²) < 4.78 is 30.3. The molecule has 1 saturated heterocycles. The van der Waals surface area contributed by atoms with Gasteiger partial charge in [0, 0.05) is 20.0 Å². The molecular formula is C13H23FO5. The first-order valence-corrected chi connectivity index (χ1v) is 6.81. The standard InChI is InChI=1S/C13H23FO5/c1-12(14,11(16)17-2)10(15)9-8-18-13(19-9)6-4-3-5-7-13/h9-11,15-16H,3-8H2,1-2H3/t9?,10-,11+,12+/m1/s1. The van der Waals surface area contributed by atoms with Crippen molar-refractivity contribution in [3.8, 4) is 0 Å². The number of aliphatic hydroxyl groups excluding tert-OH is 2. The quantitative estimate of drug-likeness (QED) is 0.754. The van der Waals surface area contributed by atoms with Gasteiger partial charge in [0.15, 0.2) is 17.7 Å². The Labute approximate surface area is 112 Å². The van der Waals surface area contributed by atoms with E-state index in [4.69, 9.17) is 9.47 Å². The average Bonchev–Trinajstić information content (AvgIpc) is 2.81. The molecule has 4 atom stereocenters. The van der Waals surface area contributed by atoms with Gasteiger partial charge >= 0.3 is 0 Å². The highest BCUT2D eigenvalue weighted by molar-refractivity contribution is 4.94. The summed E-state index contributed by atoms with van der Waals surface area (Å²) in [7, 11) is 1.18. The van der Waals surface area contributed by atoms with Gasteiger partial charge in [0.05, 0.1) is 6.61 Å². The van der Waals surface area contributed by atoms with E-state index >= 15 is 0 Å². The fourth-order valence-corrected chi connectivity index (χ4v) is 2.83. The Morgan fingerprint density at radius 2 is 1.95 bits per heavy atom. The van der Waals surface area contributed by atoms with Gasteiger partial charge in [0.25, 0.3) is 0 Å². The molecular weight excluding hydrogens is 255 g/mol. The molecule has 0 aromatic heterocycles. The molecule has 6 heteroatoms. The van der Waals surface area contributed by atoms with Crippen molar-refractivity contribution in [2.24, 2.45) is 0 Å². The second kappa shape index (κ2) is 5.61. The number of alkyl halides is 1. The van der Waals surface area contributed by atoms with Crippen LogP contribution in [0.2, 0.25) is 0 Å². The van der Waals surface area contributed by atoms with E-state index in [-0.39, 0.29) is 6.61 Å². The van der Waals surface area contributed by atoms with Crippen molar-refractivity contribution in [1.82, 2.24) is 0 Å². The van der Waals surface area contributed by atoms with E-state index in [2.05, 4.69) is 4.74 Å². The SMILES string of the molecule is CO[C@H](O)[C@@](C)(F)[C@H](O)C1COC2(CCCCC2)O1. The van der Waals surface area contributed by atoms with Gasteiger partial charge in [0.1, 0.15) is 12.2 Å². The molecule has 2 rings (SSSR count). The minimum atomic E-state index is -2.30. The Hall–Kier alpha value is -0.270. The number of hydrogen-bond acceptors (Lipinski definition) is 5. The highest BCUT2D eigenvalue weighted by atomic mass is 19.1. The van der Waals surface area contributed by atoms with Gasteiger partial charge in [-0.3, -0.25) is 0 Å². The largest absolute Gasteiger partial charge is 0.387 e. The van der Waals surface area contributed by atoms with Crippen molar-refractivity contribution in [2.75, 3.05) is 13.7 Å². The normalized spacial score (nSPS) is 33.0. The summed E-state index contributed by atoms with van der Waals surface area (Å²) in [4.78, 5) is 0. The fourth-order valence-electron chi connectivity index (χ4n) is 2.83. The molecule has 0 amide bonds. The van der Waals surface area contributed by atoms with Crippen molar-refractivity contribution in [3.05, 3.63) is 0 Å². The zero-order chi connectivity index (χ0) is 14.1. The van der Waals surface area contributed by atoms with Crippen LogP contribution in [-0.4, -0.2) is 53.9 Å². The lowest BCUT2D eigenvalue weighted by atomic mass is 9.93. The van der Waals surface area contributed by atoms with Crippen LogP contribution in [0.15, 0.2) is 0 Å². The zero-order valence-corrected chi connectivity index (χ0v) is 11.5. The molecule has 2 fully saturated rings. The molecule has 0 aromatic rings. The third-order valence-electron chi connectivity index (χ3n) is 4.13. The first-order valence-electron chi connectivity index (χ1n) is 6.81. The maximum absolute atomic E-state index is 14.3. The fraction of sp³-hybridized carbons (Fsp3) is 1.00. The molecule has 2 aliphatic rings. The molecule has 1 aliphatic heterocycles. The molecule has 5 nitrogen and oxygen atoms in total. The lowest BCUT2D eigenvalue weighted by molar-refractivity contribution is -0.233. The Bertz CT molecular complexity index is 303. The number of aliphatic hydroxyl groups is 2. The van der Waals surface area contributed by atoms with Crippen LogP contribution >= 0.6 is 0 Å². The van der Waals surface area contributed by atoms with Gasteiger partial charge in [-0.1, -0.05) is 6.42 Å². The Kier molecular flexibility index (Phi) is 4.47. The van der Waals surface area contributed by atoms with Crippen molar-refractivity contribution >= 4 is 0 Å². The summed E-state index contributed by atoms with van der Waals surface area (Å²) in [5.74, 6) is -0.669. The number of rotatable bonds is 4. The van der Waals surface area contributed by atoms with Crippen LogP contribution in [0, 0.1) is 0 Å². The first-order chi connectivity index (χ1) is 8.91. The summed E-state index contributed by atoms with van der Waals surface area (Å²) in [5, 5.41) is 19.5. The minimum absolute atomic E-state index is 0.136. The molecule has 2 N–H and O–H groups in total. The van der Waals surface area contributed by atoms with Gasteiger partial charge in [0.2, 0.25) is 0 Å². The second-order valence-electron chi connectivity index (χ2n) is 5.62. The summed E-state index contributed by atoms with van der Waals surface area (Å²) in [5.41, 5.74) is -2.30. The molecule has 1 heterocycles. The van der Waals surface area contributed by atoms with E-state index in [9.17, 15) is 14.6 Å². The molecule has 0 radical (unpaired) electrons. The maximum Gasteiger partial charge on any atom is 0.191 e. The van der Waals surface area contributed by atoms with Gasteiger partial charge in [-0.25, -0.2) is 4.39 Å². The maximum atomic E-state index is 14.3. The topological polar surface area (TPSA) is 68.2 Å². The highest BCUT2D eigenvalue weighted by Gasteiger charge is 2.52. The molecule has 19 heavy (non-hydrogen) atoms. The molecule has 112 valence electrons. The predicted molar refractivity (Wildman–Crippen MR) is 65.2 cm³/mol. The monoisotopic (exact) mass is 278 g/mol. The summed E-state index contributed by atoms with van der Waals surface area (Å²) >= 11 is 0. The summed E-state index contributed by atoms with van der Waals surface area (Å²) in [6.45, 7) is 1.23. The number of halogens is 1. The van der Waals surface area contributed by atoms with Crippen molar-refractivity contribution in [1.29, 1.82) is 0 Å². The van der Waals surface area contributed by atoms with Crippen molar-refractivity contribution in [2.45, 2.75) is 69.0 Å². The highest BCUT2D eigenvalue weighted by Crippen LogP contribution is 2.40. The van der Waals surface area contributed by atoms with E-state index in [0.717, 1.165) is 39.0 Å². The summed E-state index contributed by atoms with van der Waals surface area (Å²) in [6, 6.07) is 0. The first kappa shape index (κ1) is 15.1. The molecule has 1 aliphatic carbocycles. The van der Waals surface area contributed by atoms with Gasteiger partial charge in [-0.2, -0.15) is 0 Å². The Morgan fingerprint density at radius 1 is 1.32 bits per heavy atom. The average molecular weight is 278 g/mol. The van der Waals surface area contributed by atoms with E-state index in [0.29, 0.717) is 0 Å². The van der Waals surface area contributed by atoms with E-state index in [1.165, 1.54) is 7.11 Å². The molecule has 0 aromatic carbocycles. The van der Waals surface area contributed by atoms with Crippen LogP contribution in [0.25, 0.3) is 0 Å². The van der Waals surface area contributed by atoms with Crippen LogP contribution in [0.3, 0.4) is 0 Å². The molecule has 1 saturated carbocycles. The Balaban J connectivity index is 1.99. The third-order valence-corrected chi connectivity index (χ3v) is 4.13. The van der Waals surface area contributed by atoms with Crippen molar-refractivity contribution in [3.63, 3.8) is 0 Å². The zero-order valence-electron chi connectivity index (χ0n) is 11.5. The van der Waals surface area contributed by atoms with E-state index in [1.54, 1.807) is 0 Å². The number of methoxy groups -OCH3 is 1. The van der Waals surface area contributed by atoms with E-state index in [1.807, 2.05) is 0 Å². The van der Waals surface area contributed by atoms with Crippen LogP contribution in [0.5, 0.6) is 0 Å². The van der Waals surface area contributed by atoms with Gasteiger partial charge in [-0.15, -0.1) is 0 Å². The molecule has 0 bridgehead atoms. The van der Waals surface area contributed by atoms with Gasteiger partial charge < -0.3 is 24.4 Å². The molecule has 1 unspecified atom stereocenters. The van der Waals surface area contributed by atoms with Gasteiger partial charge in [-0.05, 0) is 19.8 Å². The number of hydrogen-bond donors (Lipinski definition) is 2. The lowest BCUT2D eigenvalue weighted by Crippen LogP contribution is -2.53. The third kappa shape index (κ3) is 2.92. The Morgan fingerprint density at radius 3 is 2.53 bits per heavy atom.